The standard InChI is InChI=1S/C20H26ClN3O3/c1-25-19-4-5-22-14-17(19)15-23-13-16-2-3-20(18(21)12-16)27-11-8-24-6-9-26-10-7-24/h2-5,12,14,23H,6-11,13,15H2,1H3. The maximum atomic E-state index is 6.38. The molecule has 2 aromatic rings. The van der Waals surface area contributed by atoms with Crippen LogP contribution in [0.1, 0.15) is 11.1 Å². The van der Waals surface area contributed by atoms with Gasteiger partial charge in [-0.15, -0.1) is 0 Å². The maximum absolute atomic E-state index is 6.38. The molecule has 3 rings (SSSR count). The summed E-state index contributed by atoms with van der Waals surface area (Å²) in [6, 6.07) is 7.77. The number of aromatic nitrogens is 1. The molecule has 0 bridgehead atoms. The molecule has 0 radical (unpaired) electrons. The zero-order chi connectivity index (χ0) is 18.9. The minimum Gasteiger partial charge on any atom is -0.496 e. The fraction of sp³-hybridized carbons (Fsp3) is 0.450. The van der Waals surface area contributed by atoms with Gasteiger partial charge in [0.05, 0.1) is 25.3 Å². The van der Waals surface area contributed by atoms with Crippen LogP contribution in [0.2, 0.25) is 5.02 Å². The Labute approximate surface area is 165 Å². The van der Waals surface area contributed by atoms with Crippen LogP contribution in [0.25, 0.3) is 0 Å². The molecule has 0 unspecified atom stereocenters. The van der Waals surface area contributed by atoms with Crippen molar-refractivity contribution in [3.8, 4) is 11.5 Å². The second-order valence-corrected chi connectivity index (χ2v) is 6.77. The minimum atomic E-state index is 0.623. The number of halogens is 1. The average Bonchev–Trinajstić information content (AvgIpc) is 2.71. The van der Waals surface area contributed by atoms with Gasteiger partial charge in [0.15, 0.2) is 0 Å². The highest BCUT2D eigenvalue weighted by Crippen LogP contribution is 2.25. The van der Waals surface area contributed by atoms with E-state index in [1.807, 2.05) is 30.5 Å². The molecule has 1 saturated heterocycles. The van der Waals surface area contributed by atoms with Crippen molar-refractivity contribution in [3.05, 3.63) is 52.8 Å². The predicted octanol–water partition coefficient (Wildman–Crippen LogP) is 2.74. The van der Waals surface area contributed by atoms with Gasteiger partial charge < -0.3 is 19.5 Å². The van der Waals surface area contributed by atoms with Gasteiger partial charge in [-0.1, -0.05) is 17.7 Å². The van der Waals surface area contributed by atoms with Crippen molar-refractivity contribution in [2.24, 2.45) is 0 Å². The van der Waals surface area contributed by atoms with Crippen LogP contribution in [0.3, 0.4) is 0 Å². The normalized spacial score (nSPS) is 14.9. The van der Waals surface area contributed by atoms with Crippen LogP contribution < -0.4 is 14.8 Å². The number of hydrogen-bond donors (Lipinski definition) is 1. The Bertz CT molecular complexity index is 723. The van der Waals surface area contributed by atoms with Crippen molar-refractivity contribution in [3.63, 3.8) is 0 Å². The number of hydrogen-bond acceptors (Lipinski definition) is 6. The lowest BCUT2D eigenvalue weighted by molar-refractivity contribution is 0.0322. The number of rotatable bonds is 9. The Balaban J connectivity index is 1.44. The summed E-state index contributed by atoms with van der Waals surface area (Å²) in [5.74, 6) is 1.56. The van der Waals surface area contributed by atoms with Gasteiger partial charge in [-0.05, 0) is 23.8 Å². The Kier molecular flexibility index (Phi) is 7.71. The second kappa shape index (κ2) is 10.5. The smallest absolute Gasteiger partial charge is 0.137 e. The molecule has 2 heterocycles. The van der Waals surface area contributed by atoms with Gasteiger partial charge in [0.2, 0.25) is 0 Å². The Morgan fingerprint density at radius 3 is 2.81 bits per heavy atom. The lowest BCUT2D eigenvalue weighted by atomic mass is 10.2. The highest BCUT2D eigenvalue weighted by atomic mass is 35.5. The van der Waals surface area contributed by atoms with Crippen molar-refractivity contribution < 1.29 is 14.2 Å². The third-order valence-corrected chi connectivity index (χ3v) is 4.78. The fourth-order valence-electron chi connectivity index (χ4n) is 2.97. The lowest BCUT2D eigenvalue weighted by Crippen LogP contribution is -2.38. The molecule has 0 aliphatic carbocycles. The van der Waals surface area contributed by atoms with Crippen LogP contribution in [-0.4, -0.2) is 56.4 Å². The number of pyridine rings is 1. The Morgan fingerprint density at radius 2 is 2.04 bits per heavy atom. The molecule has 1 aromatic carbocycles. The molecule has 0 amide bonds. The summed E-state index contributed by atoms with van der Waals surface area (Å²) in [4.78, 5) is 6.47. The molecule has 27 heavy (non-hydrogen) atoms. The van der Waals surface area contributed by atoms with E-state index >= 15 is 0 Å². The minimum absolute atomic E-state index is 0.623. The highest BCUT2D eigenvalue weighted by Gasteiger charge is 2.10. The van der Waals surface area contributed by atoms with E-state index < -0.39 is 0 Å². The van der Waals surface area contributed by atoms with E-state index in [4.69, 9.17) is 25.8 Å². The number of nitrogens with zero attached hydrogens (tertiary/aromatic N) is 2. The zero-order valence-electron chi connectivity index (χ0n) is 15.6. The van der Waals surface area contributed by atoms with E-state index in [1.165, 1.54) is 0 Å². The molecule has 1 N–H and O–H groups in total. The topological polar surface area (TPSA) is 55.8 Å². The predicted molar refractivity (Wildman–Crippen MR) is 106 cm³/mol. The summed E-state index contributed by atoms with van der Waals surface area (Å²) >= 11 is 6.38. The molecular weight excluding hydrogens is 366 g/mol. The molecular formula is C20H26ClN3O3. The molecule has 1 aliphatic rings. The summed E-state index contributed by atoms with van der Waals surface area (Å²) in [6.07, 6.45) is 3.53. The third kappa shape index (κ3) is 6.07. The highest BCUT2D eigenvalue weighted by molar-refractivity contribution is 6.32. The first-order chi connectivity index (χ1) is 13.3. The third-order valence-electron chi connectivity index (χ3n) is 4.49. The summed E-state index contributed by atoms with van der Waals surface area (Å²) < 4.78 is 16.5. The molecule has 1 aliphatic heterocycles. The van der Waals surface area contributed by atoms with Crippen LogP contribution in [0.5, 0.6) is 11.5 Å². The van der Waals surface area contributed by atoms with Gasteiger partial charge in [0, 0.05) is 50.7 Å². The SMILES string of the molecule is COc1ccncc1CNCc1ccc(OCCN2CCOCC2)c(Cl)c1. The number of morpholine rings is 1. The molecule has 7 heteroatoms. The van der Waals surface area contributed by atoms with Crippen LogP contribution in [-0.2, 0) is 17.8 Å². The van der Waals surface area contributed by atoms with Crippen molar-refractivity contribution >= 4 is 11.6 Å². The van der Waals surface area contributed by atoms with Crippen molar-refractivity contribution in [2.45, 2.75) is 13.1 Å². The van der Waals surface area contributed by atoms with Gasteiger partial charge in [-0.25, -0.2) is 0 Å². The van der Waals surface area contributed by atoms with Crippen LogP contribution in [0.4, 0.5) is 0 Å². The molecule has 0 spiro atoms. The molecule has 6 nitrogen and oxygen atoms in total. The number of ether oxygens (including phenoxy) is 3. The van der Waals surface area contributed by atoms with Crippen molar-refractivity contribution in [1.29, 1.82) is 0 Å². The Hall–Kier alpha value is -1.86. The number of nitrogens with one attached hydrogen (secondary N) is 1. The quantitative estimate of drug-likeness (QED) is 0.709. The summed E-state index contributed by atoms with van der Waals surface area (Å²) in [5.41, 5.74) is 2.12. The maximum Gasteiger partial charge on any atom is 0.137 e. The van der Waals surface area contributed by atoms with Crippen molar-refractivity contribution in [1.82, 2.24) is 15.2 Å². The number of benzene rings is 1. The van der Waals surface area contributed by atoms with Crippen molar-refractivity contribution in [2.75, 3.05) is 46.6 Å². The molecule has 0 atom stereocenters. The van der Waals surface area contributed by atoms with E-state index in [0.29, 0.717) is 24.7 Å². The van der Waals surface area contributed by atoms with E-state index in [9.17, 15) is 0 Å². The van der Waals surface area contributed by atoms with Crippen LogP contribution in [0.15, 0.2) is 36.7 Å². The first-order valence-corrected chi connectivity index (χ1v) is 9.53. The lowest BCUT2D eigenvalue weighted by Gasteiger charge is -2.26. The van der Waals surface area contributed by atoms with Crippen LogP contribution in [0, 0.1) is 0 Å². The molecule has 1 fully saturated rings. The van der Waals surface area contributed by atoms with E-state index in [-0.39, 0.29) is 0 Å². The second-order valence-electron chi connectivity index (χ2n) is 6.36. The Morgan fingerprint density at radius 1 is 1.19 bits per heavy atom. The number of methoxy groups -OCH3 is 1. The first kappa shape index (κ1) is 19.9. The van der Waals surface area contributed by atoms with E-state index in [0.717, 1.165) is 55.5 Å². The average molecular weight is 392 g/mol. The van der Waals surface area contributed by atoms with Gasteiger partial charge in [0.25, 0.3) is 0 Å². The molecule has 146 valence electrons. The van der Waals surface area contributed by atoms with Crippen LogP contribution >= 0.6 is 11.6 Å². The summed E-state index contributed by atoms with van der Waals surface area (Å²) in [7, 11) is 1.66. The monoisotopic (exact) mass is 391 g/mol. The van der Waals surface area contributed by atoms with E-state index in [1.54, 1.807) is 13.3 Å². The van der Waals surface area contributed by atoms with Gasteiger partial charge in [-0.3, -0.25) is 9.88 Å². The van der Waals surface area contributed by atoms with E-state index in [2.05, 4.69) is 15.2 Å². The molecule has 0 saturated carbocycles. The summed E-state index contributed by atoms with van der Waals surface area (Å²) in [6.45, 7) is 6.40. The molecule has 1 aromatic heterocycles. The largest absolute Gasteiger partial charge is 0.496 e. The first-order valence-electron chi connectivity index (χ1n) is 9.15. The van der Waals surface area contributed by atoms with Gasteiger partial charge in [-0.2, -0.15) is 0 Å². The fourth-order valence-corrected chi connectivity index (χ4v) is 3.23. The van der Waals surface area contributed by atoms with Gasteiger partial charge >= 0.3 is 0 Å². The van der Waals surface area contributed by atoms with Gasteiger partial charge in [0.1, 0.15) is 18.1 Å². The summed E-state index contributed by atoms with van der Waals surface area (Å²) in [5, 5.41) is 4.02. The zero-order valence-corrected chi connectivity index (χ0v) is 16.4.